The van der Waals surface area contributed by atoms with Gasteiger partial charge in [0.15, 0.2) is 6.07 Å². The van der Waals surface area contributed by atoms with Crippen LogP contribution in [0.25, 0.3) is 0 Å². The number of carbonyl (C=O) groups excluding carboxylic acids is 3. The van der Waals surface area contributed by atoms with Gasteiger partial charge < -0.3 is 14.8 Å². The zero-order valence-corrected chi connectivity index (χ0v) is 13.6. The molecular weight excluding hydrogens is 326 g/mol. The molecule has 0 aliphatic carbocycles. The standard InChI is InChI=1S/C14H18ClN3O5/c1-3-11(19)17-7-12(20)22-8-10-5-4-6-16-13(10)18(2)14(21)23-9-15/h4-6H,3,7-9H2,1-2H3,(H,17,19). The van der Waals surface area contributed by atoms with Crippen molar-refractivity contribution < 1.29 is 23.9 Å². The number of ether oxygens (including phenoxy) is 2. The second-order valence-electron chi connectivity index (χ2n) is 4.36. The summed E-state index contributed by atoms with van der Waals surface area (Å²) in [5.41, 5.74) is 0.511. The molecule has 0 bridgehead atoms. The summed E-state index contributed by atoms with van der Waals surface area (Å²) < 4.78 is 9.73. The topological polar surface area (TPSA) is 97.8 Å². The normalized spacial score (nSPS) is 9.87. The van der Waals surface area contributed by atoms with Crippen LogP contribution >= 0.6 is 11.6 Å². The van der Waals surface area contributed by atoms with E-state index in [0.29, 0.717) is 5.56 Å². The van der Waals surface area contributed by atoms with E-state index in [2.05, 4.69) is 15.0 Å². The summed E-state index contributed by atoms with van der Waals surface area (Å²) >= 11 is 5.35. The van der Waals surface area contributed by atoms with Gasteiger partial charge in [0.1, 0.15) is 19.0 Å². The average molecular weight is 344 g/mol. The van der Waals surface area contributed by atoms with Crippen LogP contribution in [0.4, 0.5) is 10.6 Å². The first-order valence-corrected chi connectivity index (χ1v) is 7.35. The minimum atomic E-state index is -0.679. The molecule has 0 fully saturated rings. The van der Waals surface area contributed by atoms with Gasteiger partial charge in [-0.25, -0.2) is 9.78 Å². The fourth-order valence-corrected chi connectivity index (χ4v) is 1.67. The molecule has 0 aliphatic rings. The molecule has 1 heterocycles. The van der Waals surface area contributed by atoms with Crippen molar-refractivity contribution in [2.24, 2.45) is 0 Å². The number of nitrogens with one attached hydrogen (secondary N) is 1. The number of anilines is 1. The minimum Gasteiger partial charge on any atom is -0.459 e. The molecule has 1 rings (SSSR count). The van der Waals surface area contributed by atoms with Crippen LogP contribution in [0.1, 0.15) is 18.9 Å². The summed E-state index contributed by atoms with van der Waals surface area (Å²) in [6.45, 7) is 1.37. The van der Waals surface area contributed by atoms with Gasteiger partial charge in [0, 0.05) is 25.2 Å². The number of alkyl halides is 1. The van der Waals surface area contributed by atoms with E-state index in [-0.39, 0.29) is 37.4 Å². The number of rotatable bonds is 7. The molecule has 1 N–H and O–H groups in total. The summed E-state index contributed by atoms with van der Waals surface area (Å²) in [6, 6.07) is 3.02. The third-order valence-electron chi connectivity index (χ3n) is 2.78. The van der Waals surface area contributed by atoms with E-state index >= 15 is 0 Å². The molecule has 9 heteroatoms. The van der Waals surface area contributed by atoms with Crippen LogP contribution < -0.4 is 10.2 Å². The zero-order valence-electron chi connectivity index (χ0n) is 12.9. The Hall–Kier alpha value is -2.35. The maximum Gasteiger partial charge on any atom is 0.416 e. The van der Waals surface area contributed by atoms with E-state index in [4.69, 9.17) is 16.3 Å². The number of esters is 1. The first-order chi connectivity index (χ1) is 11.0. The molecule has 0 saturated carbocycles. The van der Waals surface area contributed by atoms with E-state index in [1.54, 1.807) is 19.1 Å². The second-order valence-corrected chi connectivity index (χ2v) is 4.57. The molecule has 0 spiro atoms. The third kappa shape index (κ3) is 6.11. The number of carbonyl (C=O) groups is 3. The Morgan fingerprint density at radius 3 is 2.74 bits per heavy atom. The largest absolute Gasteiger partial charge is 0.459 e. The first kappa shape index (κ1) is 18.7. The number of amides is 2. The fourth-order valence-electron chi connectivity index (χ4n) is 1.58. The van der Waals surface area contributed by atoms with E-state index in [1.807, 2.05) is 0 Å². The van der Waals surface area contributed by atoms with Crippen LogP contribution in [0.5, 0.6) is 0 Å². The van der Waals surface area contributed by atoms with Crippen LogP contribution in [-0.4, -0.2) is 42.6 Å². The predicted octanol–water partition coefficient (Wildman–Crippen LogP) is 1.42. The molecule has 0 atom stereocenters. The van der Waals surface area contributed by atoms with Crippen molar-refractivity contribution >= 4 is 35.4 Å². The van der Waals surface area contributed by atoms with Crippen molar-refractivity contribution in [1.82, 2.24) is 10.3 Å². The smallest absolute Gasteiger partial charge is 0.416 e. The maximum absolute atomic E-state index is 11.7. The highest BCUT2D eigenvalue weighted by atomic mass is 35.5. The highest BCUT2D eigenvalue weighted by Crippen LogP contribution is 2.17. The van der Waals surface area contributed by atoms with Crippen LogP contribution in [0, 0.1) is 0 Å². The van der Waals surface area contributed by atoms with Crippen LogP contribution in [0.3, 0.4) is 0 Å². The zero-order chi connectivity index (χ0) is 17.2. The van der Waals surface area contributed by atoms with E-state index < -0.39 is 12.1 Å². The Bertz CT molecular complexity index is 567. The summed E-state index contributed by atoms with van der Waals surface area (Å²) in [4.78, 5) is 39.5. The molecule has 0 unspecified atom stereocenters. The molecule has 1 aromatic heterocycles. The summed E-state index contributed by atoms with van der Waals surface area (Å²) in [6.07, 6.45) is 1.10. The summed E-state index contributed by atoms with van der Waals surface area (Å²) in [7, 11) is 1.46. The van der Waals surface area contributed by atoms with E-state index in [9.17, 15) is 14.4 Å². The number of nitrogens with zero attached hydrogens (tertiary/aromatic N) is 2. The molecule has 23 heavy (non-hydrogen) atoms. The average Bonchev–Trinajstić information content (AvgIpc) is 2.57. The highest BCUT2D eigenvalue weighted by Gasteiger charge is 2.17. The lowest BCUT2D eigenvalue weighted by Crippen LogP contribution is -2.30. The van der Waals surface area contributed by atoms with Crippen molar-refractivity contribution in [3.63, 3.8) is 0 Å². The van der Waals surface area contributed by atoms with Crippen LogP contribution in [-0.2, 0) is 25.7 Å². The Balaban J connectivity index is 2.65. The van der Waals surface area contributed by atoms with Gasteiger partial charge in [-0.15, -0.1) is 0 Å². The Labute approximate surface area is 138 Å². The lowest BCUT2D eigenvalue weighted by atomic mass is 10.2. The van der Waals surface area contributed by atoms with Crippen molar-refractivity contribution in [2.75, 3.05) is 24.6 Å². The number of pyridine rings is 1. The molecule has 126 valence electrons. The van der Waals surface area contributed by atoms with E-state index in [1.165, 1.54) is 13.2 Å². The molecule has 8 nitrogen and oxygen atoms in total. The minimum absolute atomic E-state index is 0.0947. The van der Waals surface area contributed by atoms with Gasteiger partial charge in [-0.2, -0.15) is 0 Å². The molecular formula is C14H18ClN3O5. The van der Waals surface area contributed by atoms with Gasteiger partial charge in [0.2, 0.25) is 5.91 Å². The SMILES string of the molecule is CCC(=O)NCC(=O)OCc1cccnc1N(C)C(=O)OCCl. The maximum atomic E-state index is 11.7. The van der Waals surface area contributed by atoms with E-state index in [0.717, 1.165) is 4.90 Å². The lowest BCUT2D eigenvalue weighted by molar-refractivity contribution is -0.145. The molecule has 0 radical (unpaired) electrons. The third-order valence-corrected chi connectivity index (χ3v) is 2.89. The van der Waals surface area contributed by atoms with Gasteiger partial charge in [-0.3, -0.25) is 14.5 Å². The van der Waals surface area contributed by atoms with Crippen molar-refractivity contribution in [3.05, 3.63) is 23.9 Å². The van der Waals surface area contributed by atoms with Gasteiger partial charge in [-0.1, -0.05) is 24.6 Å². The van der Waals surface area contributed by atoms with Crippen molar-refractivity contribution in [2.45, 2.75) is 20.0 Å². The van der Waals surface area contributed by atoms with Crippen LogP contribution in [0.15, 0.2) is 18.3 Å². The quantitative estimate of drug-likeness (QED) is 0.594. The van der Waals surface area contributed by atoms with Gasteiger partial charge in [-0.05, 0) is 6.07 Å². The number of hydrogen-bond acceptors (Lipinski definition) is 6. The van der Waals surface area contributed by atoms with Gasteiger partial charge in [0.25, 0.3) is 0 Å². The Morgan fingerprint density at radius 2 is 2.09 bits per heavy atom. The second kappa shape index (κ2) is 9.62. The highest BCUT2D eigenvalue weighted by molar-refractivity contribution is 6.17. The summed E-state index contributed by atoms with van der Waals surface area (Å²) in [5.74, 6) is -0.548. The first-order valence-electron chi connectivity index (χ1n) is 6.82. The predicted molar refractivity (Wildman–Crippen MR) is 82.9 cm³/mol. The summed E-state index contributed by atoms with van der Waals surface area (Å²) in [5, 5.41) is 2.41. The van der Waals surface area contributed by atoms with Gasteiger partial charge >= 0.3 is 12.1 Å². The monoisotopic (exact) mass is 343 g/mol. The van der Waals surface area contributed by atoms with Crippen molar-refractivity contribution in [1.29, 1.82) is 0 Å². The number of aromatic nitrogens is 1. The molecule has 0 aromatic carbocycles. The fraction of sp³-hybridized carbons (Fsp3) is 0.429. The number of halogens is 1. The van der Waals surface area contributed by atoms with Crippen molar-refractivity contribution in [3.8, 4) is 0 Å². The van der Waals surface area contributed by atoms with Crippen LogP contribution in [0.2, 0.25) is 0 Å². The lowest BCUT2D eigenvalue weighted by Gasteiger charge is -2.18. The molecule has 0 aliphatic heterocycles. The Morgan fingerprint density at radius 1 is 1.35 bits per heavy atom. The van der Waals surface area contributed by atoms with Gasteiger partial charge in [0.05, 0.1) is 0 Å². The Kier molecular flexibility index (Phi) is 7.82. The molecule has 1 aromatic rings. The molecule has 0 saturated heterocycles. The molecule has 2 amide bonds. The number of hydrogen-bond donors (Lipinski definition) is 1.